The zero-order chi connectivity index (χ0) is 23.1. The van der Waals surface area contributed by atoms with Crippen molar-refractivity contribution in [2.45, 2.75) is 37.3 Å². The van der Waals surface area contributed by atoms with Gasteiger partial charge in [-0.25, -0.2) is 13.1 Å². The zero-order valence-corrected chi connectivity index (χ0v) is 19.5. The fourth-order valence-corrected chi connectivity index (χ4v) is 4.64. The first kappa shape index (κ1) is 24.0. The Labute approximate surface area is 189 Å². The molecule has 0 radical (unpaired) electrons. The molecule has 8 nitrogen and oxygen atoms in total. The van der Waals surface area contributed by atoms with E-state index in [9.17, 15) is 13.2 Å². The Balaban J connectivity index is 1.68. The van der Waals surface area contributed by atoms with Crippen molar-refractivity contribution in [3.8, 4) is 11.5 Å². The van der Waals surface area contributed by atoms with Crippen molar-refractivity contribution in [1.29, 1.82) is 0 Å². The molecule has 1 saturated heterocycles. The average Bonchev–Trinajstić information content (AvgIpc) is 3.34. The first-order chi connectivity index (χ1) is 15.4. The van der Waals surface area contributed by atoms with Crippen molar-refractivity contribution in [3.05, 3.63) is 53.6 Å². The summed E-state index contributed by atoms with van der Waals surface area (Å²) in [7, 11) is -0.524. The summed E-state index contributed by atoms with van der Waals surface area (Å²) in [5.41, 5.74) is 1.32. The number of amides is 1. The van der Waals surface area contributed by atoms with E-state index in [1.807, 2.05) is 19.1 Å². The van der Waals surface area contributed by atoms with Gasteiger partial charge in [-0.2, -0.15) is 0 Å². The van der Waals surface area contributed by atoms with Crippen molar-refractivity contribution in [2.24, 2.45) is 0 Å². The van der Waals surface area contributed by atoms with E-state index >= 15 is 0 Å². The summed E-state index contributed by atoms with van der Waals surface area (Å²) in [6.45, 7) is 3.69. The van der Waals surface area contributed by atoms with Crippen LogP contribution in [0.15, 0.2) is 47.4 Å². The summed E-state index contributed by atoms with van der Waals surface area (Å²) in [4.78, 5) is 14.8. The molecule has 1 atom stereocenters. The highest BCUT2D eigenvalue weighted by atomic mass is 32.2. The molecule has 1 unspecified atom stereocenters. The molecular weight excluding hydrogens is 432 g/mol. The number of hydrogen-bond acceptors (Lipinski definition) is 6. The third-order valence-electron chi connectivity index (χ3n) is 5.43. The van der Waals surface area contributed by atoms with Crippen molar-refractivity contribution < 1.29 is 27.4 Å². The Morgan fingerprint density at radius 2 is 1.84 bits per heavy atom. The normalized spacial score (nSPS) is 16.0. The van der Waals surface area contributed by atoms with Gasteiger partial charge in [0.2, 0.25) is 10.0 Å². The summed E-state index contributed by atoms with van der Waals surface area (Å²) in [5, 5.41) is 0. The molecule has 2 aromatic carbocycles. The summed E-state index contributed by atoms with van der Waals surface area (Å²) in [5.74, 6) is 1.03. The summed E-state index contributed by atoms with van der Waals surface area (Å²) in [6.07, 6.45) is 1.71. The van der Waals surface area contributed by atoms with Crippen LogP contribution in [-0.2, 0) is 21.3 Å². The van der Waals surface area contributed by atoms with Gasteiger partial charge in [0.15, 0.2) is 11.5 Å². The van der Waals surface area contributed by atoms with Crippen LogP contribution >= 0.6 is 0 Å². The molecule has 1 heterocycles. The third-order valence-corrected chi connectivity index (χ3v) is 6.87. The Bertz CT molecular complexity index is 1020. The predicted octanol–water partition coefficient (Wildman–Crippen LogP) is 2.82. The topological polar surface area (TPSA) is 94.2 Å². The van der Waals surface area contributed by atoms with Crippen LogP contribution in [0.25, 0.3) is 0 Å². The molecule has 0 aromatic heterocycles. The van der Waals surface area contributed by atoms with Crippen molar-refractivity contribution in [1.82, 2.24) is 9.62 Å². The van der Waals surface area contributed by atoms with Crippen molar-refractivity contribution >= 4 is 15.9 Å². The van der Waals surface area contributed by atoms with E-state index in [0.717, 1.165) is 18.4 Å². The van der Waals surface area contributed by atoms with Crippen LogP contribution in [-0.4, -0.2) is 59.2 Å². The van der Waals surface area contributed by atoms with Crippen LogP contribution in [0.3, 0.4) is 0 Å². The number of rotatable bonds is 10. The SMILES string of the molecule is CCN(Cc1ccc(OC)c(OC)c1)C(=O)c1ccc(S(=O)(=O)NCC2CCCO2)cc1. The Hall–Kier alpha value is -2.62. The quantitative estimate of drug-likeness (QED) is 0.584. The van der Waals surface area contributed by atoms with E-state index < -0.39 is 10.0 Å². The summed E-state index contributed by atoms with van der Waals surface area (Å²) in [6, 6.07) is 11.5. The number of carbonyl (C=O) groups is 1. The number of sulfonamides is 1. The van der Waals surface area contributed by atoms with Crippen LogP contribution in [0.1, 0.15) is 35.7 Å². The number of ether oxygens (including phenoxy) is 3. The van der Waals surface area contributed by atoms with Crippen molar-refractivity contribution in [3.63, 3.8) is 0 Å². The molecule has 0 saturated carbocycles. The third kappa shape index (κ3) is 5.79. The van der Waals surface area contributed by atoms with Gasteiger partial charge < -0.3 is 19.1 Å². The maximum Gasteiger partial charge on any atom is 0.254 e. The molecule has 0 bridgehead atoms. The molecule has 3 rings (SSSR count). The van der Waals surface area contributed by atoms with E-state index in [2.05, 4.69) is 4.72 Å². The second-order valence-corrected chi connectivity index (χ2v) is 9.29. The minimum absolute atomic E-state index is 0.0830. The van der Waals surface area contributed by atoms with Gasteiger partial charge in [-0.1, -0.05) is 6.07 Å². The lowest BCUT2D eigenvalue weighted by molar-refractivity contribution is 0.0752. The second-order valence-electron chi connectivity index (χ2n) is 7.52. The molecule has 1 aliphatic rings. The Kier molecular flexibility index (Phi) is 8.11. The van der Waals surface area contributed by atoms with Crippen molar-refractivity contribution in [2.75, 3.05) is 33.9 Å². The summed E-state index contributed by atoms with van der Waals surface area (Å²) >= 11 is 0. The second kappa shape index (κ2) is 10.8. The average molecular weight is 463 g/mol. The van der Waals surface area contributed by atoms with E-state index in [0.29, 0.717) is 36.8 Å². The smallest absolute Gasteiger partial charge is 0.254 e. The number of hydrogen-bond donors (Lipinski definition) is 1. The van der Waals surface area contributed by atoms with Gasteiger partial charge in [0, 0.05) is 31.8 Å². The minimum Gasteiger partial charge on any atom is -0.493 e. The lowest BCUT2D eigenvalue weighted by atomic mass is 10.1. The molecular formula is C23H30N2O6S. The lowest BCUT2D eigenvalue weighted by Gasteiger charge is -2.22. The standard InChI is InChI=1S/C23H30N2O6S/c1-4-25(16-17-7-12-21(29-2)22(14-17)30-3)23(26)18-8-10-20(11-9-18)32(27,28)24-15-19-6-5-13-31-19/h7-12,14,19,24H,4-6,13,15-16H2,1-3H3. The number of carbonyl (C=O) groups excluding carboxylic acids is 1. The first-order valence-corrected chi connectivity index (χ1v) is 12.1. The minimum atomic E-state index is -3.66. The zero-order valence-electron chi connectivity index (χ0n) is 18.7. The largest absolute Gasteiger partial charge is 0.493 e. The molecule has 0 aliphatic carbocycles. The fraction of sp³-hybridized carbons (Fsp3) is 0.435. The number of nitrogens with one attached hydrogen (secondary N) is 1. The van der Waals surface area contributed by atoms with Gasteiger partial charge >= 0.3 is 0 Å². The Morgan fingerprint density at radius 1 is 1.12 bits per heavy atom. The van der Waals surface area contributed by atoms with Crippen LogP contribution < -0.4 is 14.2 Å². The van der Waals surface area contributed by atoms with Gasteiger partial charge in [-0.05, 0) is 61.7 Å². The highest BCUT2D eigenvalue weighted by Crippen LogP contribution is 2.28. The first-order valence-electron chi connectivity index (χ1n) is 10.6. The maximum atomic E-state index is 13.0. The molecule has 174 valence electrons. The lowest BCUT2D eigenvalue weighted by Crippen LogP contribution is -2.32. The van der Waals surface area contributed by atoms with Gasteiger partial charge in [0.1, 0.15) is 0 Å². The van der Waals surface area contributed by atoms with Gasteiger partial charge in [0.25, 0.3) is 5.91 Å². The van der Waals surface area contributed by atoms with E-state index in [4.69, 9.17) is 14.2 Å². The molecule has 1 fully saturated rings. The van der Waals surface area contributed by atoms with Gasteiger partial charge in [-0.3, -0.25) is 4.79 Å². The molecule has 9 heteroatoms. The predicted molar refractivity (Wildman–Crippen MR) is 121 cm³/mol. The molecule has 1 N–H and O–H groups in total. The molecule has 1 aliphatic heterocycles. The van der Waals surface area contributed by atoms with Gasteiger partial charge in [0.05, 0.1) is 25.2 Å². The molecule has 32 heavy (non-hydrogen) atoms. The van der Waals surface area contributed by atoms with Crippen LogP contribution in [0.4, 0.5) is 0 Å². The highest BCUT2D eigenvalue weighted by Gasteiger charge is 2.21. The number of methoxy groups -OCH3 is 2. The van der Waals surface area contributed by atoms with Crippen LogP contribution in [0.2, 0.25) is 0 Å². The number of benzene rings is 2. The molecule has 0 spiro atoms. The highest BCUT2D eigenvalue weighted by molar-refractivity contribution is 7.89. The van der Waals surface area contributed by atoms with Crippen LogP contribution in [0.5, 0.6) is 11.5 Å². The fourth-order valence-electron chi connectivity index (χ4n) is 3.58. The molecule has 2 aromatic rings. The molecule has 1 amide bonds. The van der Waals surface area contributed by atoms with E-state index in [1.165, 1.54) is 12.1 Å². The number of nitrogens with zero attached hydrogens (tertiary/aromatic N) is 1. The Morgan fingerprint density at radius 3 is 2.44 bits per heavy atom. The van der Waals surface area contributed by atoms with E-state index in [1.54, 1.807) is 37.3 Å². The maximum absolute atomic E-state index is 13.0. The van der Waals surface area contributed by atoms with Gasteiger partial charge in [-0.15, -0.1) is 0 Å². The van der Waals surface area contributed by atoms with E-state index in [-0.39, 0.29) is 23.5 Å². The van der Waals surface area contributed by atoms with Crippen LogP contribution in [0, 0.1) is 0 Å². The summed E-state index contributed by atoms with van der Waals surface area (Å²) < 4.78 is 43.7. The monoisotopic (exact) mass is 462 g/mol.